The summed E-state index contributed by atoms with van der Waals surface area (Å²) in [5.74, 6) is 5.74. The second kappa shape index (κ2) is 10.6. The Hall–Kier alpha value is -1.88. The summed E-state index contributed by atoms with van der Waals surface area (Å²) in [6.07, 6.45) is 6.31. The number of aliphatic hydroxyl groups is 1. The number of carboxylic acid groups (broad SMARTS) is 1. The molecule has 0 unspecified atom stereocenters. The SMILES string of the molecule is CC1CCC(C(=O)N(c2cc(C#CC(C)(C)C)sc2C(=O)O)N(C)[C@H]2CC[C@@H](O)CC2)CC1. The molecule has 2 aliphatic carbocycles. The zero-order valence-electron chi connectivity index (χ0n) is 20.6. The van der Waals surface area contributed by atoms with Crippen LogP contribution in [-0.2, 0) is 4.79 Å². The van der Waals surface area contributed by atoms with Crippen molar-refractivity contribution >= 4 is 28.9 Å². The van der Waals surface area contributed by atoms with Gasteiger partial charge in [0, 0.05) is 24.4 Å². The molecule has 7 heteroatoms. The highest BCUT2D eigenvalue weighted by atomic mass is 32.1. The molecule has 2 fully saturated rings. The number of hydrogen-bond donors (Lipinski definition) is 2. The van der Waals surface area contributed by atoms with Crippen LogP contribution in [0, 0.1) is 29.1 Å². The molecule has 1 amide bonds. The molecule has 1 aromatic heterocycles. The molecule has 0 saturated heterocycles. The predicted octanol–water partition coefficient (Wildman–Crippen LogP) is 5.15. The van der Waals surface area contributed by atoms with E-state index in [9.17, 15) is 19.8 Å². The Morgan fingerprint density at radius 1 is 1.06 bits per heavy atom. The fourth-order valence-electron chi connectivity index (χ4n) is 4.72. The Bertz CT molecular complexity index is 907. The van der Waals surface area contributed by atoms with Gasteiger partial charge in [-0.2, -0.15) is 0 Å². The summed E-state index contributed by atoms with van der Waals surface area (Å²) in [4.78, 5) is 26.9. The number of amides is 1. The first-order valence-electron chi connectivity index (χ1n) is 12.1. The number of thiophene rings is 1. The number of nitrogens with zero attached hydrogens (tertiary/aromatic N) is 2. The van der Waals surface area contributed by atoms with Crippen LogP contribution in [0.5, 0.6) is 0 Å². The number of rotatable bonds is 5. The third-order valence-corrected chi connectivity index (χ3v) is 7.81. The number of carbonyl (C=O) groups excluding carboxylic acids is 1. The smallest absolute Gasteiger partial charge is 0.348 e. The maximum atomic E-state index is 13.9. The van der Waals surface area contributed by atoms with E-state index in [4.69, 9.17) is 0 Å². The van der Waals surface area contributed by atoms with Crippen molar-refractivity contribution in [1.29, 1.82) is 0 Å². The molecule has 0 atom stereocenters. The van der Waals surface area contributed by atoms with Crippen LogP contribution in [0.1, 0.15) is 93.6 Å². The normalized spacial score (nSPS) is 25.9. The predicted molar refractivity (Wildman–Crippen MR) is 132 cm³/mol. The van der Waals surface area contributed by atoms with E-state index in [0.29, 0.717) is 29.3 Å². The lowest BCUT2D eigenvalue weighted by Gasteiger charge is -2.42. The van der Waals surface area contributed by atoms with Crippen molar-refractivity contribution in [3.05, 3.63) is 15.8 Å². The summed E-state index contributed by atoms with van der Waals surface area (Å²) in [6.45, 7) is 8.26. The van der Waals surface area contributed by atoms with Crippen molar-refractivity contribution in [3.63, 3.8) is 0 Å². The van der Waals surface area contributed by atoms with Gasteiger partial charge < -0.3 is 10.2 Å². The van der Waals surface area contributed by atoms with Crippen LogP contribution < -0.4 is 5.01 Å². The minimum Gasteiger partial charge on any atom is -0.477 e. The summed E-state index contributed by atoms with van der Waals surface area (Å²) in [5.41, 5.74) is 0.213. The molecule has 182 valence electrons. The Morgan fingerprint density at radius 3 is 2.21 bits per heavy atom. The van der Waals surface area contributed by atoms with E-state index in [-0.39, 0.29) is 34.3 Å². The highest BCUT2D eigenvalue weighted by molar-refractivity contribution is 7.15. The molecule has 1 heterocycles. The Labute approximate surface area is 201 Å². The molecular formula is C26H38N2O4S. The number of aliphatic hydroxyl groups excluding tert-OH is 1. The van der Waals surface area contributed by atoms with Gasteiger partial charge in [0.1, 0.15) is 4.88 Å². The van der Waals surface area contributed by atoms with Crippen LogP contribution >= 0.6 is 11.3 Å². The van der Waals surface area contributed by atoms with Crippen LogP contribution in [0.4, 0.5) is 5.69 Å². The van der Waals surface area contributed by atoms with E-state index in [1.165, 1.54) is 0 Å². The van der Waals surface area contributed by atoms with Gasteiger partial charge >= 0.3 is 5.97 Å². The summed E-state index contributed by atoms with van der Waals surface area (Å²) in [7, 11) is 1.88. The summed E-state index contributed by atoms with van der Waals surface area (Å²) >= 11 is 1.13. The Morgan fingerprint density at radius 2 is 1.67 bits per heavy atom. The monoisotopic (exact) mass is 474 g/mol. The van der Waals surface area contributed by atoms with Crippen LogP contribution in [0.25, 0.3) is 0 Å². The van der Waals surface area contributed by atoms with Gasteiger partial charge in [0.25, 0.3) is 0 Å². The highest BCUT2D eigenvalue weighted by Gasteiger charge is 2.37. The molecule has 3 rings (SSSR count). The molecule has 2 aliphatic rings. The third-order valence-electron chi connectivity index (χ3n) is 6.78. The van der Waals surface area contributed by atoms with E-state index in [0.717, 1.165) is 49.9 Å². The number of carbonyl (C=O) groups is 2. The fraction of sp³-hybridized carbons (Fsp3) is 0.692. The summed E-state index contributed by atoms with van der Waals surface area (Å²) in [5, 5.41) is 23.5. The van der Waals surface area contributed by atoms with Crippen molar-refractivity contribution in [3.8, 4) is 11.8 Å². The molecule has 0 bridgehead atoms. The Balaban J connectivity index is 2.00. The van der Waals surface area contributed by atoms with Gasteiger partial charge in [-0.25, -0.2) is 14.8 Å². The molecule has 33 heavy (non-hydrogen) atoms. The molecule has 2 N–H and O–H groups in total. The molecule has 0 spiro atoms. The zero-order chi connectivity index (χ0) is 24.3. The second-order valence-electron chi connectivity index (χ2n) is 10.8. The molecule has 2 saturated carbocycles. The standard InChI is InChI=1S/C26H38N2O4S/c1-17-6-8-18(9-7-17)24(30)28(27(5)19-10-12-20(29)13-11-19)22-16-21(14-15-26(2,3)4)33-23(22)25(31)32/h16-20,29H,6-13H2,1-5H3,(H,31,32)/t17?,18?,19-,20+. The van der Waals surface area contributed by atoms with Crippen LogP contribution in [0.3, 0.4) is 0 Å². The van der Waals surface area contributed by atoms with Gasteiger partial charge in [-0.1, -0.05) is 18.8 Å². The van der Waals surface area contributed by atoms with Crippen molar-refractivity contribution in [2.75, 3.05) is 12.1 Å². The maximum Gasteiger partial charge on any atom is 0.348 e. The second-order valence-corrected chi connectivity index (χ2v) is 11.8. The van der Waals surface area contributed by atoms with E-state index in [1.54, 1.807) is 11.1 Å². The first kappa shape index (κ1) is 25.7. The number of hydrogen-bond acceptors (Lipinski definition) is 5. The molecular weight excluding hydrogens is 436 g/mol. The molecule has 6 nitrogen and oxygen atoms in total. The minimum atomic E-state index is -1.04. The molecule has 0 aliphatic heterocycles. The maximum absolute atomic E-state index is 13.9. The lowest BCUT2D eigenvalue weighted by atomic mass is 9.82. The first-order valence-corrected chi connectivity index (χ1v) is 12.9. The van der Waals surface area contributed by atoms with Crippen molar-refractivity contribution < 1.29 is 19.8 Å². The quantitative estimate of drug-likeness (QED) is 0.455. The highest BCUT2D eigenvalue weighted by Crippen LogP contribution is 2.37. The molecule has 1 aromatic rings. The largest absolute Gasteiger partial charge is 0.477 e. The van der Waals surface area contributed by atoms with Crippen molar-refractivity contribution in [2.24, 2.45) is 17.3 Å². The first-order chi connectivity index (χ1) is 15.5. The summed E-state index contributed by atoms with van der Waals surface area (Å²) in [6, 6.07) is 1.84. The van der Waals surface area contributed by atoms with Gasteiger partial charge in [-0.05, 0) is 84.1 Å². The average Bonchev–Trinajstić information content (AvgIpc) is 3.17. The molecule has 0 radical (unpaired) electrons. The number of hydrazine groups is 1. The van der Waals surface area contributed by atoms with Crippen molar-refractivity contribution in [2.45, 2.75) is 91.2 Å². The number of aromatic carboxylic acids is 1. The van der Waals surface area contributed by atoms with E-state index < -0.39 is 5.97 Å². The lowest BCUT2D eigenvalue weighted by molar-refractivity contribution is -0.127. The van der Waals surface area contributed by atoms with Crippen LogP contribution in [-0.4, -0.2) is 46.3 Å². The van der Waals surface area contributed by atoms with Crippen LogP contribution in [0.15, 0.2) is 6.07 Å². The zero-order valence-corrected chi connectivity index (χ0v) is 21.4. The van der Waals surface area contributed by atoms with Gasteiger partial charge in [-0.15, -0.1) is 11.3 Å². The lowest BCUT2D eigenvalue weighted by Crippen LogP contribution is -2.53. The third kappa shape index (κ3) is 6.59. The Kier molecular flexibility index (Phi) is 8.26. The number of anilines is 1. The fourth-order valence-corrected chi connectivity index (χ4v) is 5.55. The minimum absolute atomic E-state index is 0.0221. The summed E-state index contributed by atoms with van der Waals surface area (Å²) < 4.78 is 0. The van der Waals surface area contributed by atoms with Gasteiger partial charge in [-0.3, -0.25) is 4.79 Å². The number of carboxylic acids is 1. The molecule has 0 aromatic carbocycles. The van der Waals surface area contributed by atoms with Gasteiger partial charge in [0.15, 0.2) is 0 Å². The van der Waals surface area contributed by atoms with E-state index >= 15 is 0 Å². The van der Waals surface area contributed by atoms with Crippen molar-refractivity contribution in [1.82, 2.24) is 5.01 Å². The van der Waals surface area contributed by atoms with Gasteiger partial charge in [0.05, 0.1) is 16.7 Å². The topological polar surface area (TPSA) is 81.1 Å². The van der Waals surface area contributed by atoms with E-state index in [2.05, 4.69) is 18.8 Å². The van der Waals surface area contributed by atoms with Crippen LogP contribution in [0.2, 0.25) is 0 Å². The van der Waals surface area contributed by atoms with Gasteiger partial charge in [0.2, 0.25) is 5.91 Å². The van der Waals surface area contributed by atoms with E-state index in [1.807, 2.05) is 32.8 Å². The average molecular weight is 475 g/mol.